The van der Waals surface area contributed by atoms with E-state index >= 15 is 0 Å². The maximum Gasteiger partial charge on any atom is 0.218 e. The van der Waals surface area contributed by atoms with Gasteiger partial charge in [-0.1, -0.05) is 26.0 Å². The summed E-state index contributed by atoms with van der Waals surface area (Å²) < 4.78 is 7.22. The van der Waals surface area contributed by atoms with Gasteiger partial charge in [-0.2, -0.15) is 0 Å². The highest BCUT2D eigenvalue weighted by molar-refractivity contribution is 14.1. The minimum absolute atomic E-state index is 0.206. The second-order valence-electron chi connectivity index (χ2n) is 5.31. The van der Waals surface area contributed by atoms with Crippen LogP contribution in [0, 0.1) is 9.49 Å². The summed E-state index contributed by atoms with van der Waals surface area (Å²) in [7, 11) is 0. The number of hydrogen-bond donors (Lipinski definition) is 0. The normalized spacial score (nSPS) is 22.5. The van der Waals surface area contributed by atoms with Crippen LogP contribution in [0.2, 0.25) is 0 Å². The molecular formula is C14H18INO. The van der Waals surface area contributed by atoms with Crippen molar-refractivity contribution in [3.63, 3.8) is 0 Å². The molecule has 1 aromatic rings. The zero-order valence-electron chi connectivity index (χ0n) is 10.7. The van der Waals surface area contributed by atoms with E-state index in [1.54, 1.807) is 0 Å². The zero-order valence-corrected chi connectivity index (χ0v) is 12.9. The maximum atomic E-state index is 6.03. The first-order valence-electron chi connectivity index (χ1n) is 5.93. The van der Waals surface area contributed by atoms with Crippen molar-refractivity contribution in [2.75, 3.05) is 0 Å². The monoisotopic (exact) mass is 343 g/mol. The van der Waals surface area contributed by atoms with Gasteiger partial charge in [-0.25, -0.2) is 4.99 Å². The predicted molar refractivity (Wildman–Crippen MR) is 79.5 cm³/mol. The Balaban J connectivity index is 2.37. The van der Waals surface area contributed by atoms with Crippen LogP contribution in [0.25, 0.3) is 0 Å². The first-order chi connectivity index (χ1) is 7.92. The Morgan fingerprint density at radius 1 is 1.29 bits per heavy atom. The molecule has 1 aromatic carbocycles. The summed E-state index contributed by atoms with van der Waals surface area (Å²) in [6.07, 6.45) is 0. The molecule has 17 heavy (non-hydrogen) atoms. The third-order valence-electron chi connectivity index (χ3n) is 3.06. The standard InChI is InChI=1S/C14H18INO/c1-9(2)12-14(3,4)17-13(16-12)10-7-5-6-8-11(10)15/h5-9,12H,1-4H3/t12-/m0/s1. The topological polar surface area (TPSA) is 21.6 Å². The lowest BCUT2D eigenvalue weighted by Gasteiger charge is -2.27. The van der Waals surface area contributed by atoms with E-state index in [2.05, 4.69) is 62.4 Å². The Morgan fingerprint density at radius 3 is 2.47 bits per heavy atom. The van der Waals surface area contributed by atoms with Crippen molar-refractivity contribution < 1.29 is 4.74 Å². The molecule has 1 aliphatic rings. The molecule has 0 unspecified atom stereocenters. The molecule has 1 aliphatic heterocycles. The average Bonchev–Trinajstić information content (AvgIpc) is 2.55. The molecule has 2 nitrogen and oxygen atoms in total. The fourth-order valence-electron chi connectivity index (χ4n) is 2.33. The van der Waals surface area contributed by atoms with Crippen LogP contribution in [0.1, 0.15) is 33.3 Å². The summed E-state index contributed by atoms with van der Waals surface area (Å²) >= 11 is 2.33. The first kappa shape index (κ1) is 12.9. The lowest BCUT2D eigenvalue weighted by atomic mass is 9.90. The number of nitrogens with zero attached hydrogens (tertiary/aromatic N) is 1. The summed E-state index contributed by atoms with van der Waals surface area (Å²) in [5.41, 5.74) is 0.895. The SMILES string of the molecule is CC(C)[C@@H]1N=C(c2ccccc2I)OC1(C)C. The Labute approximate surface area is 117 Å². The van der Waals surface area contributed by atoms with Crippen molar-refractivity contribution in [2.45, 2.75) is 39.3 Å². The van der Waals surface area contributed by atoms with Crippen LogP contribution >= 0.6 is 22.6 Å². The quantitative estimate of drug-likeness (QED) is 0.747. The molecule has 0 N–H and O–H groups in total. The molecular weight excluding hydrogens is 325 g/mol. The largest absolute Gasteiger partial charge is 0.469 e. The third-order valence-corrected chi connectivity index (χ3v) is 4.00. The van der Waals surface area contributed by atoms with Gasteiger partial charge in [0.2, 0.25) is 5.90 Å². The predicted octanol–water partition coefficient (Wildman–Crippen LogP) is 3.87. The fourth-order valence-corrected chi connectivity index (χ4v) is 2.95. The molecule has 0 radical (unpaired) electrons. The summed E-state index contributed by atoms with van der Waals surface area (Å²) in [6.45, 7) is 8.62. The van der Waals surface area contributed by atoms with Gasteiger partial charge < -0.3 is 4.74 Å². The molecule has 0 fully saturated rings. The van der Waals surface area contributed by atoms with Gasteiger partial charge >= 0.3 is 0 Å². The van der Waals surface area contributed by atoms with Crippen molar-refractivity contribution in [3.05, 3.63) is 33.4 Å². The minimum Gasteiger partial charge on any atom is -0.469 e. The number of ether oxygens (including phenoxy) is 1. The van der Waals surface area contributed by atoms with Crippen LogP contribution in [-0.2, 0) is 4.74 Å². The molecule has 0 aromatic heterocycles. The lowest BCUT2D eigenvalue weighted by molar-refractivity contribution is 0.0813. The Hall–Kier alpha value is -0.580. The van der Waals surface area contributed by atoms with Gasteiger partial charge in [0.05, 0.1) is 6.04 Å². The van der Waals surface area contributed by atoms with Gasteiger partial charge in [0, 0.05) is 9.13 Å². The van der Waals surface area contributed by atoms with Crippen molar-refractivity contribution in [1.29, 1.82) is 0 Å². The molecule has 3 heteroatoms. The van der Waals surface area contributed by atoms with Crippen LogP contribution in [0.4, 0.5) is 0 Å². The van der Waals surface area contributed by atoms with Gasteiger partial charge in [0.15, 0.2) is 0 Å². The van der Waals surface area contributed by atoms with E-state index in [0.717, 1.165) is 11.5 Å². The summed E-state index contributed by atoms with van der Waals surface area (Å²) in [4.78, 5) is 4.76. The lowest BCUT2D eigenvalue weighted by Crippen LogP contribution is -2.36. The molecule has 0 saturated carbocycles. The van der Waals surface area contributed by atoms with E-state index in [1.807, 2.05) is 12.1 Å². The van der Waals surface area contributed by atoms with Crippen LogP contribution < -0.4 is 0 Å². The Kier molecular flexibility index (Phi) is 3.48. The van der Waals surface area contributed by atoms with Gasteiger partial charge in [-0.15, -0.1) is 0 Å². The molecule has 1 heterocycles. The van der Waals surface area contributed by atoms with Gasteiger partial charge in [0.1, 0.15) is 5.60 Å². The molecule has 0 saturated heterocycles. The van der Waals surface area contributed by atoms with Crippen molar-refractivity contribution >= 4 is 28.5 Å². The zero-order chi connectivity index (χ0) is 12.6. The van der Waals surface area contributed by atoms with Gasteiger partial charge in [-0.3, -0.25) is 0 Å². The van der Waals surface area contributed by atoms with Crippen molar-refractivity contribution in [1.82, 2.24) is 0 Å². The minimum atomic E-state index is -0.206. The van der Waals surface area contributed by atoms with Gasteiger partial charge in [-0.05, 0) is 54.5 Å². The van der Waals surface area contributed by atoms with E-state index < -0.39 is 0 Å². The van der Waals surface area contributed by atoms with E-state index in [-0.39, 0.29) is 11.6 Å². The van der Waals surface area contributed by atoms with E-state index in [0.29, 0.717) is 5.92 Å². The molecule has 2 rings (SSSR count). The van der Waals surface area contributed by atoms with Crippen LogP contribution in [0.5, 0.6) is 0 Å². The summed E-state index contributed by atoms with van der Waals surface area (Å²) in [5, 5.41) is 0. The molecule has 0 aliphatic carbocycles. The second kappa shape index (κ2) is 4.59. The average molecular weight is 343 g/mol. The number of hydrogen-bond acceptors (Lipinski definition) is 2. The number of rotatable bonds is 2. The highest BCUT2D eigenvalue weighted by Gasteiger charge is 2.40. The molecule has 1 atom stereocenters. The Morgan fingerprint density at radius 2 is 1.94 bits per heavy atom. The van der Waals surface area contributed by atoms with Crippen molar-refractivity contribution in [2.24, 2.45) is 10.9 Å². The van der Waals surface area contributed by atoms with Crippen LogP contribution in [-0.4, -0.2) is 17.5 Å². The van der Waals surface area contributed by atoms with Crippen LogP contribution in [0.3, 0.4) is 0 Å². The molecule has 92 valence electrons. The van der Waals surface area contributed by atoms with E-state index in [9.17, 15) is 0 Å². The highest BCUT2D eigenvalue weighted by Crippen LogP contribution is 2.32. The fraction of sp³-hybridized carbons (Fsp3) is 0.500. The van der Waals surface area contributed by atoms with Gasteiger partial charge in [0.25, 0.3) is 0 Å². The van der Waals surface area contributed by atoms with Crippen molar-refractivity contribution in [3.8, 4) is 0 Å². The third kappa shape index (κ3) is 2.49. The van der Waals surface area contributed by atoms with Crippen LogP contribution in [0.15, 0.2) is 29.3 Å². The first-order valence-corrected chi connectivity index (χ1v) is 7.01. The number of benzene rings is 1. The number of aliphatic imine (C=N–C) groups is 1. The second-order valence-corrected chi connectivity index (χ2v) is 6.47. The molecule has 0 amide bonds. The highest BCUT2D eigenvalue weighted by atomic mass is 127. The smallest absolute Gasteiger partial charge is 0.218 e. The maximum absolute atomic E-state index is 6.03. The van der Waals surface area contributed by atoms with E-state index in [4.69, 9.17) is 9.73 Å². The molecule has 0 spiro atoms. The Bertz CT molecular complexity index is 451. The van der Waals surface area contributed by atoms with E-state index in [1.165, 1.54) is 3.57 Å². The summed E-state index contributed by atoms with van der Waals surface area (Å²) in [6, 6.07) is 8.44. The number of halogens is 1. The molecule has 0 bridgehead atoms. The summed E-state index contributed by atoms with van der Waals surface area (Å²) in [5.74, 6) is 1.28.